The Morgan fingerprint density at radius 2 is 2.44 bits per heavy atom. The molecule has 9 heavy (non-hydrogen) atoms. The van der Waals surface area contributed by atoms with Crippen LogP contribution in [0.1, 0.15) is 13.3 Å². The van der Waals surface area contributed by atoms with Crippen molar-refractivity contribution in [2.45, 2.75) is 26.3 Å². The van der Waals surface area contributed by atoms with Gasteiger partial charge in [0.15, 0.2) is 0 Å². The van der Waals surface area contributed by atoms with E-state index in [9.17, 15) is 4.79 Å². The third kappa shape index (κ3) is 5.36. The number of nitrogens with one attached hydrogen (secondary N) is 1. The van der Waals surface area contributed by atoms with Crippen LogP contribution in [0.25, 0.3) is 0 Å². The molecule has 0 aromatic heterocycles. The molecule has 4 heteroatoms. The van der Waals surface area contributed by atoms with Gasteiger partial charge in [0, 0.05) is 0 Å². The van der Waals surface area contributed by atoms with Crippen LogP contribution in [0, 0.1) is 0 Å². The quantitative estimate of drug-likeness (QED) is 0.493. The summed E-state index contributed by atoms with van der Waals surface area (Å²) >= 11 is 0. The van der Waals surface area contributed by atoms with Crippen LogP contribution in [0.4, 0.5) is 0 Å². The summed E-state index contributed by atoms with van der Waals surface area (Å²) in [6, 6.07) is 0. The molecular weight excluding hydrogens is 117 g/mol. The number of hydrogen-bond acceptors (Lipinski definition) is 2. The number of aliphatic hydroxyl groups is 1. The van der Waals surface area contributed by atoms with Crippen molar-refractivity contribution in [3.05, 3.63) is 0 Å². The standard InChI is InChI=1S/C5H12BNO2/c1-4(8)3-5(9)7-6-2/h4,6,8H,3H2,1-2H3,(H,7,9). The Labute approximate surface area is 55.7 Å². The first-order chi connectivity index (χ1) is 4.16. The maximum absolute atomic E-state index is 10.6. The highest BCUT2D eigenvalue weighted by Gasteiger charge is 2.02. The Morgan fingerprint density at radius 1 is 1.89 bits per heavy atom. The summed E-state index contributed by atoms with van der Waals surface area (Å²) in [6.45, 7) is 3.44. The number of hydrogen-bond donors (Lipinski definition) is 2. The zero-order valence-electron chi connectivity index (χ0n) is 5.85. The average Bonchev–Trinajstić information content (AvgIpc) is 1.63. The smallest absolute Gasteiger partial charge is 0.232 e. The van der Waals surface area contributed by atoms with Gasteiger partial charge in [0.25, 0.3) is 0 Å². The van der Waals surface area contributed by atoms with Crippen LogP contribution in [0.2, 0.25) is 6.82 Å². The van der Waals surface area contributed by atoms with Crippen LogP contribution in [-0.2, 0) is 4.79 Å². The molecule has 2 N–H and O–H groups in total. The van der Waals surface area contributed by atoms with Crippen LogP contribution < -0.4 is 5.23 Å². The molecule has 0 aliphatic rings. The Balaban J connectivity index is 3.27. The van der Waals surface area contributed by atoms with Gasteiger partial charge in [-0.05, 0) is 6.92 Å². The molecule has 0 saturated heterocycles. The van der Waals surface area contributed by atoms with E-state index >= 15 is 0 Å². The van der Waals surface area contributed by atoms with E-state index in [0.29, 0.717) is 7.41 Å². The van der Waals surface area contributed by atoms with Crippen LogP contribution in [0.3, 0.4) is 0 Å². The maximum Gasteiger partial charge on any atom is 0.232 e. The van der Waals surface area contributed by atoms with Crippen molar-refractivity contribution in [1.82, 2.24) is 5.23 Å². The maximum atomic E-state index is 10.6. The first-order valence-electron chi connectivity index (χ1n) is 3.11. The van der Waals surface area contributed by atoms with Gasteiger partial charge < -0.3 is 10.3 Å². The monoisotopic (exact) mass is 129 g/mol. The zero-order valence-corrected chi connectivity index (χ0v) is 5.85. The third-order valence-corrected chi connectivity index (χ3v) is 0.855. The molecule has 0 aromatic carbocycles. The van der Waals surface area contributed by atoms with Crippen LogP contribution in [-0.4, -0.2) is 24.5 Å². The second kappa shape index (κ2) is 4.38. The van der Waals surface area contributed by atoms with E-state index < -0.39 is 6.10 Å². The van der Waals surface area contributed by atoms with Crippen molar-refractivity contribution in [3.63, 3.8) is 0 Å². The Bertz CT molecular complexity index is 95.0. The molecule has 0 spiro atoms. The predicted molar refractivity (Wildman–Crippen MR) is 37.5 cm³/mol. The van der Waals surface area contributed by atoms with Crippen LogP contribution in [0.5, 0.6) is 0 Å². The lowest BCUT2D eigenvalue weighted by molar-refractivity contribution is -0.121. The van der Waals surface area contributed by atoms with Gasteiger partial charge in [0.05, 0.1) is 12.5 Å². The lowest BCUT2D eigenvalue weighted by Crippen LogP contribution is -2.27. The summed E-state index contributed by atoms with van der Waals surface area (Å²) in [5, 5.41) is 11.3. The van der Waals surface area contributed by atoms with Gasteiger partial charge >= 0.3 is 0 Å². The predicted octanol–water partition coefficient (Wildman–Crippen LogP) is -0.727. The summed E-state index contributed by atoms with van der Waals surface area (Å²) in [5.41, 5.74) is 0. The van der Waals surface area contributed by atoms with Gasteiger partial charge in [0.2, 0.25) is 13.3 Å². The number of carbonyl (C=O) groups is 1. The molecule has 0 radical (unpaired) electrons. The lowest BCUT2D eigenvalue weighted by Gasteiger charge is -2.02. The summed E-state index contributed by atoms with van der Waals surface area (Å²) < 4.78 is 0. The zero-order chi connectivity index (χ0) is 7.28. The molecule has 1 amide bonds. The Hall–Kier alpha value is -0.505. The molecular formula is C5H12BNO2. The fraction of sp³-hybridized carbons (Fsp3) is 0.800. The second-order valence-electron chi connectivity index (χ2n) is 2.01. The minimum absolute atomic E-state index is 0.0903. The number of carbonyl (C=O) groups excluding carboxylic acids is 1. The fourth-order valence-corrected chi connectivity index (χ4v) is 0.538. The molecule has 1 atom stereocenters. The van der Waals surface area contributed by atoms with Crippen molar-refractivity contribution in [3.8, 4) is 0 Å². The van der Waals surface area contributed by atoms with Gasteiger partial charge in [-0.1, -0.05) is 6.82 Å². The van der Waals surface area contributed by atoms with E-state index in [1.165, 1.54) is 0 Å². The molecule has 0 rings (SSSR count). The molecule has 1 unspecified atom stereocenters. The molecule has 0 aromatic rings. The van der Waals surface area contributed by atoms with Gasteiger partial charge in [-0.25, -0.2) is 0 Å². The highest BCUT2D eigenvalue weighted by molar-refractivity contribution is 6.35. The highest BCUT2D eigenvalue weighted by Crippen LogP contribution is 1.86. The minimum atomic E-state index is -0.531. The van der Waals surface area contributed by atoms with Crippen molar-refractivity contribution in [1.29, 1.82) is 0 Å². The average molecular weight is 129 g/mol. The summed E-state index contributed by atoms with van der Waals surface area (Å²) in [7, 11) is 0.631. The first-order valence-corrected chi connectivity index (χ1v) is 3.11. The summed E-state index contributed by atoms with van der Waals surface area (Å²) in [5.74, 6) is -0.0903. The van der Waals surface area contributed by atoms with Crippen molar-refractivity contribution >= 4 is 13.3 Å². The highest BCUT2D eigenvalue weighted by atomic mass is 16.3. The first kappa shape index (κ1) is 8.49. The molecule has 3 nitrogen and oxygen atoms in total. The van der Waals surface area contributed by atoms with Crippen molar-refractivity contribution < 1.29 is 9.90 Å². The van der Waals surface area contributed by atoms with Crippen molar-refractivity contribution in [2.75, 3.05) is 0 Å². The van der Waals surface area contributed by atoms with Gasteiger partial charge in [-0.15, -0.1) is 0 Å². The molecule has 0 saturated carbocycles. The molecule has 0 bridgehead atoms. The van der Waals surface area contributed by atoms with Gasteiger partial charge in [-0.3, -0.25) is 4.79 Å². The number of aliphatic hydroxyl groups excluding tert-OH is 1. The number of rotatable bonds is 3. The second-order valence-corrected chi connectivity index (χ2v) is 2.01. The molecule has 0 aliphatic heterocycles. The van der Waals surface area contributed by atoms with E-state index in [0.717, 1.165) is 0 Å². The molecule has 52 valence electrons. The summed E-state index contributed by atoms with van der Waals surface area (Å²) in [4.78, 5) is 10.6. The van der Waals surface area contributed by atoms with E-state index in [4.69, 9.17) is 5.11 Å². The molecule has 0 heterocycles. The van der Waals surface area contributed by atoms with E-state index in [2.05, 4.69) is 5.23 Å². The van der Waals surface area contributed by atoms with Gasteiger partial charge in [0.1, 0.15) is 0 Å². The molecule has 0 fully saturated rings. The Morgan fingerprint density at radius 3 is 2.78 bits per heavy atom. The SMILES string of the molecule is CBNC(=O)CC(C)O. The van der Waals surface area contributed by atoms with Crippen LogP contribution >= 0.6 is 0 Å². The normalized spacial score (nSPS) is 12.3. The third-order valence-electron chi connectivity index (χ3n) is 0.855. The summed E-state index contributed by atoms with van der Waals surface area (Å²) in [6.07, 6.45) is -0.329. The lowest BCUT2D eigenvalue weighted by atomic mass is 10.00. The topological polar surface area (TPSA) is 49.3 Å². The fourth-order valence-electron chi connectivity index (χ4n) is 0.538. The van der Waals surface area contributed by atoms with Crippen LogP contribution in [0.15, 0.2) is 0 Å². The van der Waals surface area contributed by atoms with E-state index in [-0.39, 0.29) is 12.3 Å². The van der Waals surface area contributed by atoms with E-state index in [1.54, 1.807) is 6.92 Å². The largest absolute Gasteiger partial charge is 0.403 e. The van der Waals surface area contributed by atoms with Gasteiger partial charge in [-0.2, -0.15) is 0 Å². The van der Waals surface area contributed by atoms with Crippen molar-refractivity contribution in [2.24, 2.45) is 0 Å². The molecule has 0 aliphatic carbocycles. The number of amides is 1. The van der Waals surface area contributed by atoms with E-state index in [1.807, 2.05) is 6.82 Å². The Kier molecular flexibility index (Phi) is 4.14. The minimum Gasteiger partial charge on any atom is -0.403 e.